The topological polar surface area (TPSA) is 54.4 Å². The van der Waals surface area contributed by atoms with E-state index in [1.54, 1.807) is 71.1 Å². The van der Waals surface area contributed by atoms with Crippen LogP contribution >= 0.6 is 22.6 Å². The monoisotopic (exact) mass is 616 g/mol. The Balaban J connectivity index is 2.43. The highest BCUT2D eigenvalue weighted by Gasteiger charge is 2.40. The molecule has 0 aliphatic carbocycles. The first-order valence-electron chi connectivity index (χ1n) is 10.9. The van der Waals surface area contributed by atoms with Gasteiger partial charge in [0.15, 0.2) is 0 Å². The third kappa shape index (κ3) is 5.91. The quantitative estimate of drug-likeness (QED) is 0.237. The maximum absolute atomic E-state index is 14.6. The molecule has 3 aromatic rings. The fourth-order valence-electron chi connectivity index (χ4n) is 3.90. The molecule has 0 aliphatic heterocycles. The second-order valence-electron chi connectivity index (χ2n) is 10.6. The molecule has 0 heterocycles. The molecular formula is C27H28F3IO3S. The lowest BCUT2D eigenvalue weighted by molar-refractivity contribution is -0.136. The molecule has 3 rings (SSSR count). The molecule has 0 bridgehead atoms. The van der Waals surface area contributed by atoms with Gasteiger partial charge in [0.25, 0.3) is 10.1 Å². The summed E-state index contributed by atoms with van der Waals surface area (Å²) >= 11 is 1.57. The van der Waals surface area contributed by atoms with Crippen LogP contribution in [0.1, 0.15) is 58.2 Å². The Morgan fingerprint density at radius 3 is 1.49 bits per heavy atom. The smallest absolute Gasteiger partial charge is 0.282 e. The van der Waals surface area contributed by atoms with Crippen LogP contribution in [0.3, 0.4) is 0 Å². The van der Waals surface area contributed by atoms with Gasteiger partial charge in [0.2, 0.25) is 0 Å². The van der Waals surface area contributed by atoms with Gasteiger partial charge in [-0.1, -0.05) is 90.1 Å². The second-order valence-corrected chi connectivity index (χ2v) is 13.1. The van der Waals surface area contributed by atoms with E-state index in [1.165, 1.54) is 0 Å². The number of alkyl halides is 3. The van der Waals surface area contributed by atoms with Gasteiger partial charge in [0.1, 0.15) is 4.90 Å². The Hall–Kier alpha value is -1.91. The van der Waals surface area contributed by atoms with Crippen molar-refractivity contribution in [1.82, 2.24) is 0 Å². The molecule has 3 nitrogen and oxygen atoms in total. The van der Waals surface area contributed by atoms with Crippen LogP contribution in [0, 0.1) is 3.57 Å². The van der Waals surface area contributed by atoms with E-state index in [0.717, 1.165) is 17.2 Å². The molecule has 0 fully saturated rings. The van der Waals surface area contributed by atoms with E-state index in [9.17, 15) is 26.1 Å². The van der Waals surface area contributed by atoms with Gasteiger partial charge in [-0.25, -0.2) is 0 Å². The summed E-state index contributed by atoms with van der Waals surface area (Å²) in [5.41, 5.74) is 0.325. The number of rotatable bonds is 3. The molecule has 0 aliphatic rings. The zero-order valence-corrected chi connectivity index (χ0v) is 23.4. The molecule has 1 N–H and O–H groups in total. The highest BCUT2D eigenvalue weighted by Crippen LogP contribution is 2.47. The molecule has 0 atom stereocenters. The molecule has 188 valence electrons. The fourth-order valence-corrected chi connectivity index (χ4v) is 6.07. The van der Waals surface area contributed by atoms with Crippen molar-refractivity contribution in [1.29, 1.82) is 0 Å². The van der Waals surface area contributed by atoms with Gasteiger partial charge < -0.3 is 0 Å². The van der Waals surface area contributed by atoms with Crippen molar-refractivity contribution in [2.75, 3.05) is 0 Å². The van der Waals surface area contributed by atoms with Crippen LogP contribution in [0.15, 0.2) is 59.5 Å². The van der Waals surface area contributed by atoms with Crippen LogP contribution < -0.4 is 0 Å². The Morgan fingerprint density at radius 1 is 0.743 bits per heavy atom. The van der Waals surface area contributed by atoms with Crippen molar-refractivity contribution in [3.63, 3.8) is 0 Å². The molecule has 8 heteroatoms. The van der Waals surface area contributed by atoms with Crippen molar-refractivity contribution >= 4 is 32.7 Å². The highest BCUT2D eigenvalue weighted by atomic mass is 127. The minimum absolute atomic E-state index is 0.184. The van der Waals surface area contributed by atoms with E-state index in [1.807, 2.05) is 41.5 Å². The highest BCUT2D eigenvalue weighted by molar-refractivity contribution is 14.1. The third-order valence-corrected chi connectivity index (χ3v) is 8.26. The molecule has 0 aromatic heterocycles. The van der Waals surface area contributed by atoms with Crippen molar-refractivity contribution in [3.05, 3.63) is 74.9 Å². The van der Waals surface area contributed by atoms with Gasteiger partial charge in [-0.05, 0) is 67.3 Å². The first-order valence-corrected chi connectivity index (χ1v) is 13.5. The largest absolute Gasteiger partial charge is 0.417 e. The van der Waals surface area contributed by atoms with Crippen molar-refractivity contribution in [2.45, 2.75) is 63.4 Å². The SMILES string of the molecule is CC(C)(C)c1ccc(-c2cc(S(=O)(=O)O)c(I)c(-c3ccc(C(C)(C)C)cc3)c2C(F)(F)F)cc1. The van der Waals surface area contributed by atoms with Crippen LogP contribution in [-0.2, 0) is 27.1 Å². The van der Waals surface area contributed by atoms with Gasteiger partial charge in [0.05, 0.1) is 5.56 Å². The molecule has 0 radical (unpaired) electrons. The number of hydrogen-bond acceptors (Lipinski definition) is 2. The molecule has 0 spiro atoms. The molecule has 0 amide bonds. The molecule has 0 saturated heterocycles. The Bertz CT molecular complexity index is 1350. The first kappa shape index (κ1) is 27.7. The normalized spacial score (nSPS) is 13.2. The van der Waals surface area contributed by atoms with Gasteiger partial charge in [-0.3, -0.25) is 4.55 Å². The Labute approximate surface area is 218 Å². The van der Waals surface area contributed by atoms with E-state index < -0.39 is 26.8 Å². The molecule has 3 aromatic carbocycles. The minimum atomic E-state index is -4.79. The van der Waals surface area contributed by atoms with Crippen LogP contribution in [0.5, 0.6) is 0 Å². The van der Waals surface area contributed by atoms with Gasteiger partial charge in [-0.15, -0.1) is 0 Å². The van der Waals surface area contributed by atoms with Crippen LogP contribution in [0.25, 0.3) is 22.3 Å². The molecular weight excluding hydrogens is 588 g/mol. The van der Waals surface area contributed by atoms with Crippen LogP contribution in [0.4, 0.5) is 13.2 Å². The number of halogens is 4. The van der Waals surface area contributed by atoms with E-state index in [4.69, 9.17) is 0 Å². The van der Waals surface area contributed by atoms with Gasteiger partial charge in [-0.2, -0.15) is 21.6 Å². The molecule has 0 saturated carbocycles. The lowest BCUT2D eigenvalue weighted by atomic mass is 9.84. The molecule has 0 unspecified atom stereocenters. The summed E-state index contributed by atoms with van der Waals surface area (Å²) in [6.07, 6.45) is -4.78. The van der Waals surface area contributed by atoms with E-state index in [0.29, 0.717) is 0 Å². The van der Waals surface area contributed by atoms with E-state index in [-0.39, 0.29) is 36.7 Å². The predicted octanol–water partition coefficient (Wildman–Crippen LogP) is 8.49. The zero-order valence-electron chi connectivity index (χ0n) is 20.4. The number of hydrogen-bond donors (Lipinski definition) is 1. The lowest BCUT2D eigenvalue weighted by Gasteiger charge is -2.24. The van der Waals surface area contributed by atoms with Crippen molar-refractivity contribution in [3.8, 4) is 22.3 Å². The second kappa shape index (κ2) is 9.19. The van der Waals surface area contributed by atoms with Crippen LogP contribution in [-0.4, -0.2) is 13.0 Å². The summed E-state index contributed by atoms with van der Waals surface area (Å²) < 4.78 is 78.0. The first-order chi connectivity index (χ1) is 15.8. The van der Waals surface area contributed by atoms with E-state index in [2.05, 4.69) is 0 Å². The van der Waals surface area contributed by atoms with Gasteiger partial charge in [0, 0.05) is 9.13 Å². The average Bonchev–Trinajstić information content (AvgIpc) is 2.70. The van der Waals surface area contributed by atoms with Crippen molar-refractivity contribution < 1.29 is 26.1 Å². The summed E-state index contributed by atoms with van der Waals surface area (Å²) in [7, 11) is -4.79. The maximum Gasteiger partial charge on any atom is 0.417 e. The molecule has 35 heavy (non-hydrogen) atoms. The number of benzene rings is 3. The summed E-state index contributed by atoms with van der Waals surface area (Å²) in [5, 5.41) is 0. The summed E-state index contributed by atoms with van der Waals surface area (Å²) in [4.78, 5) is -0.559. The summed E-state index contributed by atoms with van der Waals surface area (Å²) in [5.74, 6) is 0. The average molecular weight is 616 g/mol. The third-order valence-electron chi connectivity index (χ3n) is 5.89. The maximum atomic E-state index is 14.6. The van der Waals surface area contributed by atoms with Gasteiger partial charge >= 0.3 is 6.18 Å². The summed E-state index contributed by atoms with van der Waals surface area (Å²) in [6, 6.07) is 14.1. The Kier molecular flexibility index (Phi) is 7.27. The van der Waals surface area contributed by atoms with E-state index >= 15 is 0 Å². The fraction of sp³-hybridized carbons (Fsp3) is 0.333. The zero-order chi connectivity index (χ0) is 26.6. The minimum Gasteiger partial charge on any atom is -0.282 e. The predicted molar refractivity (Wildman–Crippen MR) is 142 cm³/mol. The summed E-state index contributed by atoms with van der Waals surface area (Å²) in [6.45, 7) is 11.9. The lowest BCUT2D eigenvalue weighted by Crippen LogP contribution is -2.15. The van der Waals surface area contributed by atoms with Crippen molar-refractivity contribution in [2.24, 2.45) is 0 Å². The Morgan fingerprint density at radius 2 is 1.14 bits per heavy atom. The standard InChI is InChI=1S/C27H28F3IO3S/c1-25(2,3)18-11-7-16(8-12-18)20-15-21(35(32,33)34)24(31)22(23(20)27(28,29)30)17-9-13-19(14-10-17)26(4,5)6/h7-15H,1-6H3,(H,32,33,34). The van der Waals surface area contributed by atoms with Crippen LogP contribution in [0.2, 0.25) is 0 Å².